The van der Waals surface area contributed by atoms with Gasteiger partial charge in [0.25, 0.3) is 5.91 Å². The SMILES string of the molecule is Cc1cc2nc(N(CCCN3CCOCC3)C(=O)c3cccs3)sc2cc1C. The number of carbonyl (C=O) groups is 1. The van der Waals surface area contributed by atoms with E-state index in [4.69, 9.17) is 9.72 Å². The van der Waals surface area contributed by atoms with Crippen LogP contribution in [-0.2, 0) is 4.74 Å². The zero-order valence-corrected chi connectivity index (χ0v) is 17.9. The monoisotopic (exact) mass is 415 g/mol. The first-order valence-corrected chi connectivity index (χ1v) is 11.3. The predicted octanol–water partition coefficient (Wildman–Crippen LogP) is 4.34. The molecule has 7 heteroatoms. The van der Waals surface area contributed by atoms with Crippen molar-refractivity contribution in [3.8, 4) is 0 Å². The number of hydrogen-bond acceptors (Lipinski definition) is 6. The van der Waals surface area contributed by atoms with Crippen LogP contribution in [0.3, 0.4) is 0 Å². The Hall–Kier alpha value is -1.80. The van der Waals surface area contributed by atoms with Crippen LogP contribution in [0.2, 0.25) is 0 Å². The fraction of sp³-hybridized carbons (Fsp3) is 0.429. The summed E-state index contributed by atoms with van der Waals surface area (Å²) >= 11 is 3.09. The molecular formula is C21H25N3O2S2. The van der Waals surface area contributed by atoms with Crippen LogP contribution in [0.1, 0.15) is 27.2 Å². The van der Waals surface area contributed by atoms with E-state index in [2.05, 4.69) is 30.9 Å². The molecular weight excluding hydrogens is 390 g/mol. The minimum Gasteiger partial charge on any atom is -0.379 e. The van der Waals surface area contributed by atoms with E-state index >= 15 is 0 Å². The van der Waals surface area contributed by atoms with Crippen molar-refractivity contribution in [3.63, 3.8) is 0 Å². The Balaban J connectivity index is 1.56. The molecule has 0 radical (unpaired) electrons. The van der Waals surface area contributed by atoms with Crippen molar-refractivity contribution >= 4 is 43.9 Å². The van der Waals surface area contributed by atoms with E-state index < -0.39 is 0 Å². The number of aryl methyl sites for hydroxylation is 2. The molecule has 1 amide bonds. The van der Waals surface area contributed by atoms with Crippen LogP contribution in [0.5, 0.6) is 0 Å². The normalized spacial score (nSPS) is 15.2. The number of rotatable bonds is 6. The summed E-state index contributed by atoms with van der Waals surface area (Å²) in [6.07, 6.45) is 0.922. The van der Waals surface area contributed by atoms with Gasteiger partial charge in [0.05, 0.1) is 28.3 Å². The van der Waals surface area contributed by atoms with Gasteiger partial charge in [-0.05, 0) is 55.0 Å². The molecule has 2 aromatic heterocycles. The molecule has 1 saturated heterocycles. The van der Waals surface area contributed by atoms with Gasteiger partial charge >= 0.3 is 0 Å². The van der Waals surface area contributed by atoms with E-state index in [1.807, 2.05) is 22.4 Å². The van der Waals surface area contributed by atoms with Crippen molar-refractivity contribution in [2.24, 2.45) is 0 Å². The van der Waals surface area contributed by atoms with E-state index in [0.717, 1.165) is 59.5 Å². The second-order valence-corrected chi connectivity index (χ2v) is 9.10. The summed E-state index contributed by atoms with van der Waals surface area (Å²) in [5.41, 5.74) is 3.46. The lowest BCUT2D eigenvalue weighted by Gasteiger charge is -2.27. The maximum atomic E-state index is 13.2. The third-order valence-corrected chi connectivity index (χ3v) is 7.06. The Bertz CT molecular complexity index is 907. The van der Waals surface area contributed by atoms with Gasteiger partial charge in [-0.3, -0.25) is 14.6 Å². The number of benzene rings is 1. The number of carbonyl (C=O) groups excluding carboxylic acids is 1. The summed E-state index contributed by atoms with van der Waals surface area (Å²) < 4.78 is 6.56. The summed E-state index contributed by atoms with van der Waals surface area (Å²) in [7, 11) is 0. The fourth-order valence-corrected chi connectivity index (χ4v) is 5.12. The van der Waals surface area contributed by atoms with Gasteiger partial charge < -0.3 is 4.74 Å². The Labute approximate surface area is 173 Å². The fourth-order valence-electron chi connectivity index (χ4n) is 3.38. The third-order valence-electron chi connectivity index (χ3n) is 5.16. The van der Waals surface area contributed by atoms with Crippen molar-refractivity contribution in [1.29, 1.82) is 0 Å². The first kappa shape index (κ1) is 19.5. The number of thiophene rings is 1. The standard InChI is InChI=1S/C21H25N3O2S2/c1-15-13-17-19(14-16(15)2)28-21(22-17)24(20(25)18-5-3-12-27-18)7-4-6-23-8-10-26-11-9-23/h3,5,12-14H,4,6-11H2,1-2H3. The van der Waals surface area contributed by atoms with Crippen LogP contribution >= 0.6 is 22.7 Å². The van der Waals surface area contributed by atoms with Gasteiger partial charge in [0.1, 0.15) is 0 Å². The summed E-state index contributed by atoms with van der Waals surface area (Å²) in [4.78, 5) is 23.0. The lowest BCUT2D eigenvalue weighted by atomic mass is 10.1. The molecule has 148 valence electrons. The van der Waals surface area contributed by atoms with Gasteiger partial charge in [0.15, 0.2) is 5.13 Å². The lowest BCUT2D eigenvalue weighted by Crippen LogP contribution is -2.39. The van der Waals surface area contributed by atoms with Crippen LogP contribution in [0, 0.1) is 13.8 Å². The second kappa shape index (κ2) is 8.69. The summed E-state index contributed by atoms with van der Waals surface area (Å²) in [6.45, 7) is 9.41. The van der Waals surface area contributed by atoms with Crippen molar-refractivity contribution in [2.75, 3.05) is 44.3 Å². The van der Waals surface area contributed by atoms with Crippen molar-refractivity contribution < 1.29 is 9.53 Å². The minimum absolute atomic E-state index is 0.0458. The molecule has 1 fully saturated rings. The molecule has 28 heavy (non-hydrogen) atoms. The largest absolute Gasteiger partial charge is 0.379 e. The molecule has 0 aliphatic carbocycles. The van der Waals surface area contributed by atoms with Crippen LogP contribution in [0.15, 0.2) is 29.6 Å². The highest BCUT2D eigenvalue weighted by atomic mass is 32.1. The average molecular weight is 416 g/mol. The molecule has 4 rings (SSSR count). The highest BCUT2D eigenvalue weighted by molar-refractivity contribution is 7.22. The average Bonchev–Trinajstić information content (AvgIpc) is 3.36. The molecule has 0 atom stereocenters. The number of ether oxygens (including phenoxy) is 1. The Morgan fingerprint density at radius 2 is 2.04 bits per heavy atom. The van der Waals surface area contributed by atoms with Crippen LogP contribution in [0.25, 0.3) is 10.2 Å². The van der Waals surface area contributed by atoms with E-state index in [9.17, 15) is 4.79 Å². The number of morpholine rings is 1. The number of nitrogens with zero attached hydrogens (tertiary/aromatic N) is 3. The number of amides is 1. The minimum atomic E-state index is 0.0458. The first-order valence-electron chi connectivity index (χ1n) is 9.65. The van der Waals surface area contributed by atoms with Gasteiger partial charge in [-0.25, -0.2) is 4.98 Å². The number of thiazole rings is 1. The molecule has 3 aromatic rings. The Morgan fingerprint density at radius 3 is 2.79 bits per heavy atom. The number of hydrogen-bond donors (Lipinski definition) is 0. The van der Waals surface area contributed by atoms with Gasteiger partial charge in [-0.15, -0.1) is 11.3 Å². The van der Waals surface area contributed by atoms with Crippen molar-refractivity contribution in [1.82, 2.24) is 9.88 Å². The maximum Gasteiger partial charge on any atom is 0.270 e. The molecule has 0 saturated carbocycles. The molecule has 0 bridgehead atoms. The lowest BCUT2D eigenvalue weighted by molar-refractivity contribution is 0.0376. The van der Waals surface area contributed by atoms with Crippen LogP contribution in [0.4, 0.5) is 5.13 Å². The second-order valence-electron chi connectivity index (χ2n) is 7.14. The molecule has 1 aliphatic heterocycles. The summed E-state index contributed by atoms with van der Waals surface area (Å²) in [6, 6.07) is 8.11. The topological polar surface area (TPSA) is 45.7 Å². The molecule has 1 aromatic carbocycles. The predicted molar refractivity (Wildman–Crippen MR) is 117 cm³/mol. The van der Waals surface area contributed by atoms with E-state index in [1.165, 1.54) is 22.5 Å². The zero-order valence-electron chi connectivity index (χ0n) is 16.3. The smallest absolute Gasteiger partial charge is 0.270 e. The van der Waals surface area contributed by atoms with Crippen molar-refractivity contribution in [3.05, 3.63) is 45.6 Å². The van der Waals surface area contributed by atoms with Gasteiger partial charge in [-0.1, -0.05) is 17.4 Å². The van der Waals surface area contributed by atoms with Gasteiger partial charge in [0.2, 0.25) is 0 Å². The maximum absolute atomic E-state index is 13.2. The number of aromatic nitrogens is 1. The van der Waals surface area contributed by atoms with Gasteiger partial charge in [-0.2, -0.15) is 0 Å². The van der Waals surface area contributed by atoms with E-state index in [-0.39, 0.29) is 5.91 Å². The highest BCUT2D eigenvalue weighted by Crippen LogP contribution is 2.32. The molecule has 5 nitrogen and oxygen atoms in total. The zero-order chi connectivity index (χ0) is 19.5. The molecule has 0 unspecified atom stereocenters. The number of fused-ring (bicyclic) bond motifs is 1. The third kappa shape index (κ3) is 4.27. The Kier molecular flexibility index (Phi) is 6.06. The van der Waals surface area contributed by atoms with E-state index in [1.54, 1.807) is 11.3 Å². The Morgan fingerprint density at radius 1 is 1.25 bits per heavy atom. The first-order chi connectivity index (χ1) is 13.6. The quantitative estimate of drug-likeness (QED) is 0.601. The molecule has 1 aliphatic rings. The number of anilines is 1. The van der Waals surface area contributed by atoms with Crippen LogP contribution < -0.4 is 4.90 Å². The van der Waals surface area contributed by atoms with Gasteiger partial charge in [0, 0.05) is 26.2 Å². The molecule has 0 N–H and O–H groups in total. The van der Waals surface area contributed by atoms with E-state index in [0.29, 0.717) is 6.54 Å². The van der Waals surface area contributed by atoms with Crippen LogP contribution in [-0.4, -0.2) is 55.2 Å². The molecule has 3 heterocycles. The summed E-state index contributed by atoms with van der Waals surface area (Å²) in [5, 5.41) is 2.74. The summed E-state index contributed by atoms with van der Waals surface area (Å²) in [5.74, 6) is 0.0458. The van der Waals surface area contributed by atoms with Crippen molar-refractivity contribution in [2.45, 2.75) is 20.3 Å². The molecule has 0 spiro atoms. The highest BCUT2D eigenvalue weighted by Gasteiger charge is 2.22.